The maximum atomic E-state index is 12.6. The highest BCUT2D eigenvalue weighted by molar-refractivity contribution is 7.14. The summed E-state index contributed by atoms with van der Waals surface area (Å²) < 4.78 is 0. The number of hydrogen-bond acceptors (Lipinski definition) is 3. The molecule has 1 amide bonds. The molecule has 0 radical (unpaired) electrons. The molecule has 0 spiro atoms. The van der Waals surface area contributed by atoms with Gasteiger partial charge in [0, 0.05) is 17.0 Å². The Morgan fingerprint density at radius 3 is 2.61 bits per heavy atom. The number of aliphatic hydroxyl groups excluding tert-OH is 1. The van der Waals surface area contributed by atoms with Crippen molar-refractivity contribution in [2.24, 2.45) is 0 Å². The number of carbonyl (C=O) groups is 1. The molecule has 2 aliphatic heterocycles. The Kier molecular flexibility index (Phi) is 3.16. The Hall–Kier alpha value is -0.870. The molecule has 18 heavy (non-hydrogen) atoms. The summed E-state index contributed by atoms with van der Waals surface area (Å²) in [5.41, 5.74) is 0. The second-order valence-electron chi connectivity index (χ2n) is 5.34. The number of rotatable bonds is 2. The number of piperidine rings is 1. The fourth-order valence-electron chi connectivity index (χ4n) is 3.29. The van der Waals surface area contributed by atoms with Crippen LogP contribution in [0.3, 0.4) is 0 Å². The average Bonchev–Trinajstić information content (AvgIpc) is 2.92. The summed E-state index contributed by atoms with van der Waals surface area (Å²) in [6.45, 7) is 2.11. The normalized spacial score (nSPS) is 30.8. The molecule has 3 heterocycles. The van der Waals surface area contributed by atoms with Crippen molar-refractivity contribution >= 4 is 17.2 Å². The van der Waals surface area contributed by atoms with Crippen LogP contribution in [0.2, 0.25) is 0 Å². The van der Waals surface area contributed by atoms with Crippen LogP contribution in [0.1, 0.15) is 47.2 Å². The second kappa shape index (κ2) is 4.67. The number of hydrogen-bond donors (Lipinski definition) is 1. The van der Waals surface area contributed by atoms with Crippen molar-refractivity contribution in [2.45, 2.75) is 57.2 Å². The lowest BCUT2D eigenvalue weighted by Crippen LogP contribution is -2.47. The van der Waals surface area contributed by atoms with Gasteiger partial charge in [-0.2, -0.15) is 0 Å². The minimum atomic E-state index is -0.207. The van der Waals surface area contributed by atoms with E-state index in [1.807, 2.05) is 11.0 Å². The fraction of sp³-hybridized carbons (Fsp3) is 0.643. The molecular weight excluding hydrogens is 246 g/mol. The van der Waals surface area contributed by atoms with Crippen molar-refractivity contribution in [1.29, 1.82) is 0 Å². The zero-order chi connectivity index (χ0) is 12.7. The monoisotopic (exact) mass is 265 g/mol. The minimum Gasteiger partial charge on any atom is -0.393 e. The molecule has 0 saturated carbocycles. The Morgan fingerprint density at radius 2 is 2.06 bits per heavy atom. The highest BCUT2D eigenvalue weighted by atomic mass is 32.1. The number of fused-ring (bicyclic) bond motifs is 2. The summed E-state index contributed by atoms with van der Waals surface area (Å²) in [7, 11) is 0. The van der Waals surface area contributed by atoms with Gasteiger partial charge in [-0.15, -0.1) is 11.3 Å². The van der Waals surface area contributed by atoms with Gasteiger partial charge in [-0.1, -0.05) is 6.92 Å². The van der Waals surface area contributed by atoms with Crippen molar-refractivity contribution in [3.63, 3.8) is 0 Å². The van der Waals surface area contributed by atoms with E-state index in [9.17, 15) is 9.90 Å². The lowest BCUT2D eigenvalue weighted by molar-refractivity contribution is 0.0290. The molecule has 2 unspecified atom stereocenters. The van der Waals surface area contributed by atoms with Gasteiger partial charge in [0.1, 0.15) is 0 Å². The van der Waals surface area contributed by atoms with Crippen molar-refractivity contribution in [2.75, 3.05) is 0 Å². The summed E-state index contributed by atoms with van der Waals surface area (Å²) in [6, 6.07) is 4.53. The average molecular weight is 265 g/mol. The number of aryl methyl sites for hydroxylation is 1. The van der Waals surface area contributed by atoms with E-state index in [2.05, 4.69) is 13.0 Å². The van der Waals surface area contributed by atoms with Gasteiger partial charge in [0.2, 0.25) is 0 Å². The molecule has 2 atom stereocenters. The summed E-state index contributed by atoms with van der Waals surface area (Å²) >= 11 is 1.61. The lowest BCUT2D eigenvalue weighted by atomic mass is 10.00. The quantitative estimate of drug-likeness (QED) is 0.892. The number of carbonyl (C=O) groups excluding carboxylic acids is 1. The van der Waals surface area contributed by atoms with Gasteiger partial charge < -0.3 is 10.0 Å². The first-order valence-corrected chi connectivity index (χ1v) is 7.60. The molecule has 0 aliphatic carbocycles. The molecular formula is C14H19NO2S. The molecule has 2 bridgehead atoms. The van der Waals surface area contributed by atoms with Gasteiger partial charge in [0.05, 0.1) is 11.0 Å². The third kappa shape index (κ3) is 1.97. The zero-order valence-corrected chi connectivity index (χ0v) is 11.4. The Morgan fingerprint density at radius 1 is 1.39 bits per heavy atom. The van der Waals surface area contributed by atoms with Gasteiger partial charge in [0.15, 0.2) is 0 Å². The largest absolute Gasteiger partial charge is 0.393 e. The molecule has 2 saturated heterocycles. The summed E-state index contributed by atoms with van der Waals surface area (Å²) in [4.78, 5) is 16.7. The molecule has 2 aliphatic rings. The van der Waals surface area contributed by atoms with Crippen LogP contribution >= 0.6 is 11.3 Å². The Labute approximate surface area is 111 Å². The van der Waals surface area contributed by atoms with Gasteiger partial charge in [0.25, 0.3) is 5.91 Å². The van der Waals surface area contributed by atoms with E-state index in [0.717, 1.165) is 37.0 Å². The molecule has 3 rings (SSSR count). The first-order valence-electron chi connectivity index (χ1n) is 6.78. The number of nitrogens with zero attached hydrogens (tertiary/aromatic N) is 1. The molecule has 0 aromatic carbocycles. The first-order chi connectivity index (χ1) is 8.69. The van der Waals surface area contributed by atoms with Gasteiger partial charge in [-0.05, 0) is 44.2 Å². The lowest BCUT2D eigenvalue weighted by Gasteiger charge is -2.36. The van der Waals surface area contributed by atoms with Crippen molar-refractivity contribution in [3.8, 4) is 0 Å². The van der Waals surface area contributed by atoms with Crippen LogP contribution in [0, 0.1) is 0 Å². The molecule has 3 nitrogen and oxygen atoms in total. The maximum absolute atomic E-state index is 12.6. The van der Waals surface area contributed by atoms with E-state index in [0.29, 0.717) is 0 Å². The van der Waals surface area contributed by atoms with E-state index in [4.69, 9.17) is 0 Å². The maximum Gasteiger partial charge on any atom is 0.264 e. The number of amides is 1. The van der Waals surface area contributed by atoms with Crippen molar-refractivity contribution in [3.05, 3.63) is 21.9 Å². The smallest absolute Gasteiger partial charge is 0.264 e. The Balaban J connectivity index is 1.81. The van der Waals surface area contributed by atoms with Gasteiger partial charge in [-0.25, -0.2) is 0 Å². The Bertz CT molecular complexity index is 442. The molecule has 1 N–H and O–H groups in total. The predicted molar refractivity (Wildman–Crippen MR) is 71.9 cm³/mol. The highest BCUT2D eigenvalue weighted by Gasteiger charge is 2.43. The predicted octanol–water partition coefficient (Wildman–Crippen LogP) is 2.44. The van der Waals surface area contributed by atoms with Crippen LogP contribution in [-0.4, -0.2) is 34.1 Å². The van der Waals surface area contributed by atoms with Crippen LogP contribution in [0.4, 0.5) is 0 Å². The third-order valence-corrected chi connectivity index (χ3v) is 5.38. The number of thiophene rings is 1. The van der Waals surface area contributed by atoms with E-state index in [1.165, 1.54) is 4.88 Å². The molecule has 98 valence electrons. The SMILES string of the molecule is CCc1ccc(C(=O)N2C3CCC2CC(O)C3)s1. The third-order valence-electron chi connectivity index (χ3n) is 4.16. The summed E-state index contributed by atoms with van der Waals surface area (Å²) in [5.74, 6) is 0.180. The van der Waals surface area contributed by atoms with E-state index >= 15 is 0 Å². The number of aliphatic hydroxyl groups is 1. The van der Waals surface area contributed by atoms with Crippen LogP contribution in [-0.2, 0) is 6.42 Å². The molecule has 4 heteroatoms. The minimum absolute atomic E-state index is 0.180. The standard InChI is InChI=1S/C14H19NO2S/c1-2-12-5-6-13(18-12)14(17)15-9-3-4-10(15)8-11(16)7-9/h5-6,9-11,16H,2-4,7-8H2,1H3. The topological polar surface area (TPSA) is 40.5 Å². The molecule has 2 fully saturated rings. The summed E-state index contributed by atoms with van der Waals surface area (Å²) in [6.07, 6.45) is 4.41. The fourth-order valence-corrected chi connectivity index (χ4v) is 4.18. The second-order valence-corrected chi connectivity index (χ2v) is 6.51. The summed E-state index contributed by atoms with van der Waals surface area (Å²) in [5, 5.41) is 9.77. The van der Waals surface area contributed by atoms with E-state index in [-0.39, 0.29) is 24.1 Å². The van der Waals surface area contributed by atoms with E-state index in [1.54, 1.807) is 11.3 Å². The van der Waals surface area contributed by atoms with Gasteiger partial charge >= 0.3 is 0 Å². The van der Waals surface area contributed by atoms with Crippen LogP contribution in [0.5, 0.6) is 0 Å². The van der Waals surface area contributed by atoms with Crippen molar-refractivity contribution in [1.82, 2.24) is 4.90 Å². The van der Waals surface area contributed by atoms with Crippen LogP contribution < -0.4 is 0 Å². The highest BCUT2D eigenvalue weighted by Crippen LogP contribution is 2.37. The van der Waals surface area contributed by atoms with Crippen LogP contribution in [0.15, 0.2) is 12.1 Å². The molecule has 1 aromatic rings. The zero-order valence-electron chi connectivity index (χ0n) is 10.6. The first kappa shape index (κ1) is 12.2. The van der Waals surface area contributed by atoms with Crippen LogP contribution in [0.25, 0.3) is 0 Å². The van der Waals surface area contributed by atoms with Gasteiger partial charge in [-0.3, -0.25) is 4.79 Å². The molecule has 1 aromatic heterocycles. The van der Waals surface area contributed by atoms with Crippen molar-refractivity contribution < 1.29 is 9.90 Å². The van der Waals surface area contributed by atoms with E-state index < -0.39 is 0 Å².